The Kier molecular flexibility index (Phi) is 4.25. The Morgan fingerprint density at radius 3 is 1.35 bits per heavy atom. The molecule has 3 aromatic carbocycles. The summed E-state index contributed by atoms with van der Waals surface area (Å²) >= 11 is 0. The summed E-state index contributed by atoms with van der Waals surface area (Å²) < 4.78 is 0. The van der Waals surface area contributed by atoms with E-state index in [2.05, 4.69) is 91.0 Å². The van der Waals surface area contributed by atoms with Gasteiger partial charge in [-0.3, -0.25) is 0 Å². The number of hydrogen-bond acceptors (Lipinski definition) is 0. The molecule has 3 aromatic rings. The third-order valence-electron chi connectivity index (χ3n) is 3.32. The van der Waals surface area contributed by atoms with Crippen LogP contribution < -0.4 is 10.6 Å². The zero-order valence-electron chi connectivity index (χ0n) is 11.3. The van der Waals surface area contributed by atoms with Gasteiger partial charge in [0.2, 0.25) is 0 Å². The molecule has 3 rings (SSSR count). The second kappa shape index (κ2) is 6.50. The van der Waals surface area contributed by atoms with Crippen LogP contribution >= 0.6 is 7.92 Å². The second-order valence-electron chi connectivity index (χ2n) is 4.74. The molecule has 98 valence electrons. The third-order valence-corrected chi connectivity index (χ3v) is 5.84. The number of rotatable bonds is 4. The summed E-state index contributed by atoms with van der Waals surface area (Å²) in [5.41, 5.74) is 1.41. The van der Waals surface area contributed by atoms with E-state index in [-0.39, 0.29) is 7.92 Å². The molecule has 0 aliphatic rings. The molecule has 0 saturated heterocycles. The second-order valence-corrected chi connectivity index (χ2v) is 6.95. The average Bonchev–Trinajstić information content (AvgIpc) is 2.55. The van der Waals surface area contributed by atoms with Crippen molar-refractivity contribution in [3.63, 3.8) is 0 Å². The molecule has 1 heteroatoms. The van der Waals surface area contributed by atoms with E-state index in [0.717, 1.165) is 6.16 Å². The van der Waals surface area contributed by atoms with Crippen molar-refractivity contribution < 1.29 is 0 Å². The highest BCUT2D eigenvalue weighted by Crippen LogP contribution is 2.37. The van der Waals surface area contributed by atoms with Gasteiger partial charge in [-0.2, -0.15) is 0 Å². The standard InChI is InChI=1S/C19H17P/c1-4-10-17(11-5-1)16-20(18-12-6-2-7-13-18)19-14-8-3-9-15-19/h1-15H,16H2. The van der Waals surface area contributed by atoms with Gasteiger partial charge >= 0.3 is 0 Å². The van der Waals surface area contributed by atoms with E-state index in [0.29, 0.717) is 0 Å². The van der Waals surface area contributed by atoms with Gasteiger partial charge in [-0.05, 0) is 24.1 Å². The quantitative estimate of drug-likeness (QED) is 0.623. The van der Waals surface area contributed by atoms with E-state index >= 15 is 0 Å². The van der Waals surface area contributed by atoms with E-state index in [1.165, 1.54) is 16.2 Å². The molecule has 0 N–H and O–H groups in total. The summed E-state index contributed by atoms with van der Waals surface area (Å²) in [4.78, 5) is 0. The van der Waals surface area contributed by atoms with Crippen LogP contribution in [0.4, 0.5) is 0 Å². The first-order valence-electron chi connectivity index (χ1n) is 6.85. The lowest BCUT2D eigenvalue weighted by Gasteiger charge is -2.18. The van der Waals surface area contributed by atoms with Gasteiger partial charge in [-0.1, -0.05) is 91.0 Å². The van der Waals surface area contributed by atoms with Gasteiger partial charge in [0.05, 0.1) is 0 Å². The topological polar surface area (TPSA) is 0 Å². The summed E-state index contributed by atoms with van der Waals surface area (Å²) in [5, 5.41) is 2.88. The van der Waals surface area contributed by atoms with Gasteiger partial charge in [-0.25, -0.2) is 0 Å². The van der Waals surface area contributed by atoms with Crippen LogP contribution in [0, 0.1) is 0 Å². The van der Waals surface area contributed by atoms with Crippen LogP contribution in [0.5, 0.6) is 0 Å². The van der Waals surface area contributed by atoms with Gasteiger partial charge in [-0.15, -0.1) is 0 Å². The van der Waals surface area contributed by atoms with Gasteiger partial charge in [0.1, 0.15) is 0 Å². The molecule has 0 saturated carbocycles. The maximum atomic E-state index is 2.25. The van der Waals surface area contributed by atoms with Crippen molar-refractivity contribution in [1.29, 1.82) is 0 Å². The van der Waals surface area contributed by atoms with E-state index in [1.807, 2.05) is 0 Å². The molecule has 0 bridgehead atoms. The Bertz CT molecular complexity index is 593. The van der Waals surface area contributed by atoms with Crippen LogP contribution in [-0.4, -0.2) is 0 Å². The van der Waals surface area contributed by atoms with Gasteiger partial charge in [0.15, 0.2) is 0 Å². The smallest absolute Gasteiger partial charge is 0.000743 e. The molecule has 0 radical (unpaired) electrons. The molecular formula is C19H17P. The first-order chi connectivity index (χ1) is 9.93. The Morgan fingerprint density at radius 1 is 0.500 bits per heavy atom. The Hall–Kier alpha value is -1.91. The lowest BCUT2D eigenvalue weighted by atomic mass is 10.2. The number of hydrogen-bond donors (Lipinski definition) is 0. The number of benzene rings is 3. The molecule has 0 aliphatic carbocycles. The van der Waals surface area contributed by atoms with Crippen molar-refractivity contribution in [2.75, 3.05) is 0 Å². The van der Waals surface area contributed by atoms with Gasteiger partial charge < -0.3 is 0 Å². The minimum atomic E-state index is -0.327. The Morgan fingerprint density at radius 2 is 0.900 bits per heavy atom. The first-order valence-corrected chi connectivity index (χ1v) is 8.38. The van der Waals surface area contributed by atoms with Crippen LogP contribution in [0.1, 0.15) is 5.56 Å². The molecule has 0 heterocycles. The van der Waals surface area contributed by atoms with E-state index in [1.54, 1.807) is 0 Å². The molecular weight excluding hydrogens is 259 g/mol. The molecule has 0 fully saturated rings. The summed E-state index contributed by atoms with van der Waals surface area (Å²) in [6.45, 7) is 0. The fourth-order valence-electron chi connectivity index (χ4n) is 2.31. The predicted octanol–water partition coefficient (Wildman–Crippen LogP) is 4.32. The van der Waals surface area contributed by atoms with Crippen molar-refractivity contribution in [1.82, 2.24) is 0 Å². The van der Waals surface area contributed by atoms with Crippen molar-refractivity contribution in [3.8, 4) is 0 Å². The first kappa shape index (κ1) is 13.1. The fourth-order valence-corrected chi connectivity index (χ4v) is 4.62. The normalized spacial score (nSPS) is 10.7. The molecule has 0 aliphatic heterocycles. The van der Waals surface area contributed by atoms with Crippen LogP contribution in [0.3, 0.4) is 0 Å². The third kappa shape index (κ3) is 3.15. The summed E-state index contributed by atoms with van der Waals surface area (Å²) in [7, 11) is -0.327. The lowest BCUT2D eigenvalue weighted by molar-refractivity contribution is 1.40. The summed E-state index contributed by atoms with van der Waals surface area (Å²) in [5.74, 6) is 0. The maximum Gasteiger partial charge on any atom is 0.000743 e. The largest absolute Gasteiger partial charge is 0.0622 e. The van der Waals surface area contributed by atoms with Gasteiger partial charge in [0, 0.05) is 6.16 Å². The highest BCUT2D eigenvalue weighted by Gasteiger charge is 2.13. The van der Waals surface area contributed by atoms with Crippen molar-refractivity contribution in [2.45, 2.75) is 6.16 Å². The molecule has 0 unspecified atom stereocenters. The molecule has 20 heavy (non-hydrogen) atoms. The van der Waals surface area contributed by atoms with Crippen molar-refractivity contribution in [3.05, 3.63) is 96.6 Å². The van der Waals surface area contributed by atoms with Crippen LogP contribution in [0.25, 0.3) is 0 Å². The minimum absolute atomic E-state index is 0.327. The minimum Gasteiger partial charge on any atom is -0.0622 e. The van der Waals surface area contributed by atoms with Crippen molar-refractivity contribution in [2.24, 2.45) is 0 Å². The molecule has 0 nitrogen and oxygen atoms in total. The Balaban J connectivity index is 1.96. The average molecular weight is 276 g/mol. The summed E-state index contributed by atoms with van der Waals surface area (Å²) in [6.07, 6.45) is 1.10. The fraction of sp³-hybridized carbons (Fsp3) is 0.0526. The lowest BCUT2D eigenvalue weighted by Crippen LogP contribution is -2.12. The molecule has 0 aromatic heterocycles. The van der Waals surface area contributed by atoms with Crippen LogP contribution in [0.15, 0.2) is 91.0 Å². The van der Waals surface area contributed by atoms with Crippen molar-refractivity contribution >= 4 is 18.5 Å². The van der Waals surface area contributed by atoms with Crippen LogP contribution in [0.2, 0.25) is 0 Å². The predicted molar refractivity (Wildman–Crippen MR) is 89.2 cm³/mol. The van der Waals surface area contributed by atoms with E-state index < -0.39 is 0 Å². The Labute approximate surface area is 121 Å². The van der Waals surface area contributed by atoms with Gasteiger partial charge in [0.25, 0.3) is 0 Å². The molecule has 0 atom stereocenters. The highest BCUT2D eigenvalue weighted by atomic mass is 31.1. The maximum absolute atomic E-state index is 2.25. The SMILES string of the molecule is c1ccc(CP(c2ccccc2)c2ccccc2)cc1. The van der Waals surface area contributed by atoms with E-state index in [4.69, 9.17) is 0 Å². The molecule has 0 amide bonds. The zero-order chi connectivity index (χ0) is 13.6. The highest BCUT2D eigenvalue weighted by molar-refractivity contribution is 7.72. The molecule has 0 spiro atoms. The summed E-state index contributed by atoms with van der Waals surface area (Å²) in [6, 6.07) is 32.5. The van der Waals surface area contributed by atoms with E-state index in [9.17, 15) is 0 Å². The van der Waals surface area contributed by atoms with Crippen LogP contribution in [-0.2, 0) is 6.16 Å². The monoisotopic (exact) mass is 276 g/mol. The zero-order valence-corrected chi connectivity index (χ0v) is 12.2.